The molecule has 3 aliphatic rings. The summed E-state index contributed by atoms with van der Waals surface area (Å²) in [6.45, 7) is 3.61. The number of benzene rings is 1. The number of rotatable bonds is 7. The molecule has 0 radical (unpaired) electrons. The minimum atomic E-state index is -3.60. The molecule has 0 atom stereocenters. The van der Waals surface area contributed by atoms with Gasteiger partial charge in [0.25, 0.3) is 0 Å². The van der Waals surface area contributed by atoms with Crippen molar-refractivity contribution in [3.05, 3.63) is 18.2 Å². The van der Waals surface area contributed by atoms with Gasteiger partial charge in [0, 0.05) is 26.2 Å². The van der Waals surface area contributed by atoms with Crippen LogP contribution in [0.2, 0.25) is 0 Å². The van der Waals surface area contributed by atoms with Gasteiger partial charge in [0.05, 0.1) is 42.1 Å². The van der Waals surface area contributed by atoms with Gasteiger partial charge in [0.1, 0.15) is 5.54 Å². The first-order valence-electron chi connectivity index (χ1n) is 11.9. The van der Waals surface area contributed by atoms with E-state index in [1.165, 1.54) is 0 Å². The molecule has 0 spiro atoms. The molecule has 180 valence electrons. The van der Waals surface area contributed by atoms with Crippen molar-refractivity contribution in [1.82, 2.24) is 9.62 Å². The summed E-state index contributed by atoms with van der Waals surface area (Å²) in [6.07, 6.45) is 5.98. The van der Waals surface area contributed by atoms with E-state index in [0.29, 0.717) is 57.9 Å². The smallest absolute Gasteiger partial charge is 0.243 e. The Kier molecular flexibility index (Phi) is 7.41. The maximum absolute atomic E-state index is 13.2. The number of nitrogens with zero attached hydrogens (tertiary/aromatic N) is 3. The molecule has 2 aliphatic heterocycles. The standard InChI is InChI=1S/C23H33N5O4S/c24-18-23(8-2-3-9-23)26-22(29)17-25-20-16-19(33(30,31)28-10-4-1-5-11-28)6-7-21(20)27-12-14-32-15-13-27/h6-7,16,25H,1-5,8-15,17H2,(H,26,29). The van der Waals surface area contributed by atoms with E-state index in [4.69, 9.17) is 4.74 Å². The maximum Gasteiger partial charge on any atom is 0.243 e. The number of carbonyl (C=O) groups is 1. The zero-order chi connectivity index (χ0) is 23.3. The highest BCUT2D eigenvalue weighted by Gasteiger charge is 2.35. The minimum Gasteiger partial charge on any atom is -0.378 e. The highest BCUT2D eigenvalue weighted by atomic mass is 32.2. The number of ether oxygens (including phenoxy) is 1. The van der Waals surface area contributed by atoms with Crippen molar-refractivity contribution in [3.8, 4) is 6.07 Å². The van der Waals surface area contributed by atoms with Crippen LogP contribution >= 0.6 is 0 Å². The van der Waals surface area contributed by atoms with Crippen LogP contribution in [0.4, 0.5) is 11.4 Å². The molecule has 33 heavy (non-hydrogen) atoms. The van der Waals surface area contributed by atoms with Crippen LogP contribution < -0.4 is 15.5 Å². The predicted octanol–water partition coefficient (Wildman–Crippen LogP) is 2.06. The molecule has 1 saturated carbocycles. The first-order chi connectivity index (χ1) is 15.9. The monoisotopic (exact) mass is 475 g/mol. The van der Waals surface area contributed by atoms with Gasteiger partial charge in [-0.1, -0.05) is 6.42 Å². The van der Waals surface area contributed by atoms with E-state index >= 15 is 0 Å². The molecule has 10 heteroatoms. The Morgan fingerprint density at radius 1 is 1.06 bits per heavy atom. The quantitative estimate of drug-likeness (QED) is 0.620. The Hall–Kier alpha value is -2.35. The van der Waals surface area contributed by atoms with Crippen molar-refractivity contribution in [1.29, 1.82) is 5.26 Å². The van der Waals surface area contributed by atoms with Crippen LogP contribution in [0.5, 0.6) is 0 Å². The lowest BCUT2D eigenvalue weighted by molar-refractivity contribution is -0.120. The molecule has 9 nitrogen and oxygen atoms in total. The number of anilines is 2. The molecule has 1 aliphatic carbocycles. The number of hydrogen-bond acceptors (Lipinski definition) is 7. The van der Waals surface area contributed by atoms with Gasteiger partial charge in [-0.3, -0.25) is 4.79 Å². The fourth-order valence-corrected chi connectivity index (χ4v) is 6.43. The molecular formula is C23H33N5O4S. The molecule has 4 rings (SSSR count). The molecule has 1 aromatic carbocycles. The summed E-state index contributed by atoms with van der Waals surface area (Å²) in [4.78, 5) is 15.0. The molecule has 2 heterocycles. The maximum atomic E-state index is 13.2. The average molecular weight is 476 g/mol. The Bertz CT molecular complexity index is 989. The first kappa shape index (κ1) is 23.8. The molecule has 1 aromatic rings. The zero-order valence-corrected chi connectivity index (χ0v) is 19.8. The van der Waals surface area contributed by atoms with Gasteiger partial charge >= 0.3 is 0 Å². The highest BCUT2D eigenvalue weighted by Crippen LogP contribution is 2.32. The lowest BCUT2D eigenvalue weighted by Gasteiger charge is -2.31. The molecular weight excluding hydrogens is 442 g/mol. The predicted molar refractivity (Wildman–Crippen MR) is 126 cm³/mol. The Morgan fingerprint density at radius 3 is 2.42 bits per heavy atom. The number of morpholine rings is 1. The molecule has 0 unspecified atom stereocenters. The third-order valence-electron chi connectivity index (χ3n) is 6.76. The number of piperidine rings is 1. The summed E-state index contributed by atoms with van der Waals surface area (Å²) in [5.74, 6) is -0.268. The second kappa shape index (κ2) is 10.3. The van der Waals surface area contributed by atoms with E-state index in [-0.39, 0.29) is 17.3 Å². The van der Waals surface area contributed by atoms with E-state index < -0.39 is 15.6 Å². The minimum absolute atomic E-state index is 0.0337. The van der Waals surface area contributed by atoms with Crippen molar-refractivity contribution in [2.45, 2.75) is 55.4 Å². The number of hydrogen-bond donors (Lipinski definition) is 2. The summed E-state index contributed by atoms with van der Waals surface area (Å²) >= 11 is 0. The fraction of sp³-hybridized carbons (Fsp3) is 0.652. The third kappa shape index (κ3) is 5.42. The molecule has 0 aromatic heterocycles. The van der Waals surface area contributed by atoms with E-state index in [1.54, 1.807) is 16.4 Å². The molecule has 3 fully saturated rings. The SMILES string of the molecule is N#CC1(NC(=O)CNc2cc(S(=O)(=O)N3CCCCC3)ccc2N2CCOCC2)CCCC1. The Balaban J connectivity index is 1.54. The summed E-state index contributed by atoms with van der Waals surface area (Å²) in [7, 11) is -3.60. The summed E-state index contributed by atoms with van der Waals surface area (Å²) in [6, 6.07) is 7.38. The van der Waals surface area contributed by atoms with Crippen LogP contribution in [0.25, 0.3) is 0 Å². The topological polar surface area (TPSA) is 115 Å². The van der Waals surface area contributed by atoms with Crippen LogP contribution in [0.15, 0.2) is 23.1 Å². The van der Waals surface area contributed by atoms with E-state index in [9.17, 15) is 18.5 Å². The lowest BCUT2D eigenvalue weighted by atomic mass is 10.00. The van der Waals surface area contributed by atoms with Gasteiger partial charge in [-0.15, -0.1) is 0 Å². The Labute approximate surface area is 196 Å². The van der Waals surface area contributed by atoms with E-state index in [0.717, 1.165) is 37.8 Å². The summed E-state index contributed by atoms with van der Waals surface area (Å²) < 4.78 is 33.5. The molecule has 1 amide bonds. The van der Waals surface area contributed by atoms with Crippen molar-refractivity contribution in [3.63, 3.8) is 0 Å². The fourth-order valence-electron chi connectivity index (χ4n) is 4.88. The lowest BCUT2D eigenvalue weighted by Crippen LogP contribution is -2.47. The second-order valence-corrected chi connectivity index (χ2v) is 11.0. The van der Waals surface area contributed by atoms with Crippen LogP contribution in [0, 0.1) is 11.3 Å². The van der Waals surface area contributed by atoms with Gasteiger partial charge in [-0.25, -0.2) is 8.42 Å². The first-order valence-corrected chi connectivity index (χ1v) is 13.3. The van der Waals surface area contributed by atoms with Gasteiger partial charge in [-0.05, 0) is 56.7 Å². The zero-order valence-electron chi connectivity index (χ0n) is 19.0. The van der Waals surface area contributed by atoms with Crippen molar-refractivity contribution in [2.75, 3.05) is 56.2 Å². The number of amides is 1. The molecule has 0 bridgehead atoms. The van der Waals surface area contributed by atoms with Crippen molar-refractivity contribution < 1.29 is 17.9 Å². The number of sulfonamides is 1. The number of nitrogens with one attached hydrogen (secondary N) is 2. The summed E-state index contributed by atoms with van der Waals surface area (Å²) in [5, 5.41) is 15.6. The van der Waals surface area contributed by atoms with Gasteiger partial charge in [0.15, 0.2) is 0 Å². The normalized spacial score (nSPS) is 21.4. The molecule has 2 saturated heterocycles. The molecule has 2 N–H and O–H groups in total. The van der Waals surface area contributed by atoms with Crippen molar-refractivity contribution in [2.24, 2.45) is 0 Å². The van der Waals surface area contributed by atoms with Crippen LogP contribution in [-0.2, 0) is 19.6 Å². The third-order valence-corrected chi connectivity index (χ3v) is 8.66. The van der Waals surface area contributed by atoms with Gasteiger partial charge in [0.2, 0.25) is 15.9 Å². The largest absolute Gasteiger partial charge is 0.378 e. The number of carbonyl (C=O) groups excluding carboxylic acids is 1. The van der Waals surface area contributed by atoms with E-state index in [2.05, 4.69) is 21.6 Å². The highest BCUT2D eigenvalue weighted by molar-refractivity contribution is 7.89. The van der Waals surface area contributed by atoms with Gasteiger partial charge in [-0.2, -0.15) is 9.57 Å². The average Bonchev–Trinajstić information content (AvgIpc) is 3.32. The van der Waals surface area contributed by atoms with Crippen LogP contribution in [0.1, 0.15) is 44.9 Å². The van der Waals surface area contributed by atoms with E-state index in [1.807, 2.05) is 6.07 Å². The van der Waals surface area contributed by atoms with Crippen LogP contribution in [0.3, 0.4) is 0 Å². The second-order valence-electron chi connectivity index (χ2n) is 9.05. The summed E-state index contributed by atoms with van der Waals surface area (Å²) in [5.41, 5.74) is 0.660. The van der Waals surface area contributed by atoms with Crippen molar-refractivity contribution >= 4 is 27.3 Å². The Morgan fingerprint density at radius 2 is 1.76 bits per heavy atom. The van der Waals surface area contributed by atoms with Gasteiger partial charge < -0.3 is 20.3 Å². The number of nitriles is 1. The van der Waals surface area contributed by atoms with Crippen LogP contribution in [-0.4, -0.2) is 70.1 Å².